The zero-order chi connectivity index (χ0) is 31.4. The number of aromatic nitrogens is 6. The van der Waals surface area contributed by atoms with E-state index >= 15 is 0 Å². The highest BCUT2D eigenvalue weighted by Crippen LogP contribution is 2.41. The number of benzene rings is 3. The topological polar surface area (TPSA) is 94.7 Å². The Labute approximate surface area is 265 Å². The Hall–Kier alpha value is -4.29. The molecule has 0 amide bonds. The predicted molar refractivity (Wildman–Crippen MR) is 167 cm³/mol. The molecule has 6 aromatic rings. The van der Waals surface area contributed by atoms with Gasteiger partial charge >= 0.3 is 6.18 Å². The number of fused-ring (bicyclic) bond motifs is 1. The van der Waals surface area contributed by atoms with E-state index in [1.54, 1.807) is 0 Å². The second-order valence-corrected chi connectivity index (χ2v) is 11.5. The average molecular weight is 680 g/mol. The van der Waals surface area contributed by atoms with E-state index in [-0.39, 0.29) is 6.61 Å². The van der Waals surface area contributed by atoms with Crippen molar-refractivity contribution in [2.75, 3.05) is 0 Å². The number of unbranched alkanes of at least 4 members (excludes halogenated alkanes) is 1. The molecule has 0 radical (unpaired) electrons. The number of furan rings is 1. The summed E-state index contributed by atoms with van der Waals surface area (Å²) in [6.07, 6.45) is -1.93. The number of alkyl halides is 3. The molecule has 0 aliphatic carbocycles. The molecule has 0 aliphatic rings. The number of tetrazole rings is 1. The lowest BCUT2D eigenvalue weighted by atomic mass is 9.97. The first-order valence-electron chi connectivity index (χ1n) is 14.6. The predicted octanol–water partition coefficient (Wildman–Crippen LogP) is 8.45. The van der Waals surface area contributed by atoms with Gasteiger partial charge in [-0.3, -0.25) is 4.68 Å². The maximum Gasteiger partial charge on any atom is 0.408 e. The smallest absolute Gasteiger partial charge is 0.408 e. The molecule has 8 nitrogen and oxygen atoms in total. The van der Waals surface area contributed by atoms with Crippen LogP contribution in [0.3, 0.4) is 0 Å². The molecule has 3 aromatic carbocycles. The number of halogens is 4. The van der Waals surface area contributed by atoms with Crippen LogP contribution in [0.4, 0.5) is 13.2 Å². The van der Waals surface area contributed by atoms with Crippen LogP contribution in [-0.4, -0.2) is 36.6 Å². The molecule has 0 atom stereocenters. The van der Waals surface area contributed by atoms with Crippen LogP contribution >= 0.6 is 15.9 Å². The molecule has 0 spiro atoms. The third-order valence-electron chi connectivity index (χ3n) is 7.57. The summed E-state index contributed by atoms with van der Waals surface area (Å²) in [5, 5.41) is 20.6. The van der Waals surface area contributed by atoms with Crippen molar-refractivity contribution < 1.29 is 22.3 Å². The summed E-state index contributed by atoms with van der Waals surface area (Å²) in [6.45, 7) is 1.31. The summed E-state index contributed by atoms with van der Waals surface area (Å²) in [5.74, 6) is 1.08. The van der Waals surface area contributed by atoms with Crippen molar-refractivity contribution in [3.8, 4) is 22.7 Å². The highest BCUT2D eigenvalue weighted by molar-refractivity contribution is 9.10. The fraction of sp³-hybridized carbons (Fsp3) is 0.273. The van der Waals surface area contributed by atoms with Crippen molar-refractivity contribution in [2.45, 2.75) is 58.5 Å². The van der Waals surface area contributed by atoms with Gasteiger partial charge in [-0.15, -0.1) is 10.2 Å². The monoisotopic (exact) mass is 678 g/mol. The lowest BCUT2D eigenvalue weighted by molar-refractivity contribution is -0.143. The quantitative estimate of drug-likeness (QED) is 0.140. The van der Waals surface area contributed by atoms with Gasteiger partial charge in [-0.05, 0) is 51.2 Å². The molecule has 232 valence electrons. The SMILES string of the molecule is CCCCc1c(Cc2ccc3c(-c4ccccc4-c4nn[nH]n4)oc(Br)c3c2)c(COCc2ccccc2)nn1CC(F)(F)F. The molecule has 1 N–H and O–H groups in total. The zero-order valence-electron chi connectivity index (χ0n) is 24.4. The van der Waals surface area contributed by atoms with Crippen molar-refractivity contribution >= 4 is 26.7 Å². The van der Waals surface area contributed by atoms with Crippen LogP contribution in [0.1, 0.15) is 47.8 Å². The Morgan fingerprint density at radius 2 is 1.71 bits per heavy atom. The number of ether oxygens (including phenoxy) is 1. The minimum absolute atomic E-state index is 0.100. The van der Waals surface area contributed by atoms with E-state index in [4.69, 9.17) is 9.15 Å². The molecule has 3 aromatic heterocycles. The normalized spacial score (nSPS) is 11.9. The van der Waals surface area contributed by atoms with Crippen molar-refractivity contribution in [3.05, 3.63) is 106 Å². The molecule has 0 bridgehead atoms. The van der Waals surface area contributed by atoms with Crippen molar-refractivity contribution in [1.82, 2.24) is 30.4 Å². The fourth-order valence-corrected chi connectivity index (χ4v) is 5.98. The van der Waals surface area contributed by atoms with Crippen LogP contribution in [0.15, 0.2) is 81.9 Å². The number of hydrogen-bond acceptors (Lipinski definition) is 6. The third-order valence-corrected chi connectivity index (χ3v) is 8.16. The van der Waals surface area contributed by atoms with Crippen molar-refractivity contribution in [1.29, 1.82) is 0 Å². The second kappa shape index (κ2) is 13.4. The van der Waals surface area contributed by atoms with Gasteiger partial charge in [-0.1, -0.05) is 80.1 Å². The Morgan fingerprint density at radius 3 is 2.44 bits per heavy atom. The van der Waals surface area contributed by atoms with Gasteiger partial charge in [-0.2, -0.15) is 23.5 Å². The number of hydrogen-bond donors (Lipinski definition) is 1. The van der Waals surface area contributed by atoms with E-state index in [0.717, 1.165) is 56.1 Å². The van der Waals surface area contributed by atoms with Crippen LogP contribution in [0, 0.1) is 0 Å². The van der Waals surface area contributed by atoms with Gasteiger partial charge in [0.2, 0.25) is 5.82 Å². The summed E-state index contributed by atoms with van der Waals surface area (Å²) in [7, 11) is 0. The van der Waals surface area contributed by atoms with E-state index in [9.17, 15) is 13.2 Å². The van der Waals surface area contributed by atoms with E-state index in [1.807, 2.05) is 79.7 Å². The maximum absolute atomic E-state index is 13.6. The molecule has 0 aliphatic heterocycles. The minimum Gasteiger partial charge on any atom is -0.448 e. The highest BCUT2D eigenvalue weighted by atomic mass is 79.9. The standard InChI is InChI=1S/C33H30BrF3N6O2/c1-2-3-13-29-27(28(40-43(29)20-33(35,36)37)19-44-18-21-9-5-4-6-10-21)17-22-14-15-24-26(16-22)31(34)45-30(24)23-11-7-8-12-25(23)32-38-41-42-39-32/h4-12,14-16H,2-3,13,17-20H2,1H3,(H,38,39,41,42). The second-order valence-electron chi connectivity index (χ2n) is 10.8. The molecular weight excluding hydrogens is 649 g/mol. The number of H-pyrrole nitrogens is 1. The van der Waals surface area contributed by atoms with Crippen LogP contribution in [-0.2, 0) is 37.3 Å². The first-order valence-corrected chi connectivity index (χ1v) is 15.4. The Bertz CT molecular complexity index is 1880. The summed E-state index contributed by atoms with van der Waals surface area (Å²) < 4.78 is 54.8. The Morgan fingerprint density at radius 1 is 0.933 bits per heavy atom. The summed E-state index contributed by atoms with van der Waals surface area (Å²) in [4.78, 5) is 0. The summed E-state index contributed by atoms with van der Waals surface area (Å²) in [6, 6.07) is 23.2. The van der Waals surface area contributed by atoms with Gasteiger partial charge < -0.3 is 9.15 Å². The summed E-state index contributed by atoms with van der Waals surface area (Å²) >= 11 is 3.59. The largest absolute Gasteiger partial charge is 0.448 e. The zero-order valence-corrected chi connectivity index (χ0v) is 26.0. The summed E-state index contributed by atoms with van der Waals surface area (Å²) in [5.41, 5.74) is 5.33. The van der Waals surface area contributed by atoms with Crippen LogP contribution in [0.25, 0.3) is 33.5 Å². The average Bonchev–Trinajstić information content (AvgIpc) is 3.75. The van der Waals surface area contributed by atoms with E-state index in [2.05, 4.69) is 41.7 Å². The van der Waals surface area contributed by atoms with Gasteiger partial charge in [0, 0.05) is 39.6 Å². The number of nitrogens with one attached hydrogen (secondary N) is 1. The molecule has 12 heteroatoms. The molecule has 0 saturated carbocycles. The molecule has 0 unspecified atom stereocenters. The first-order chi connectivity index (χ1) is 21.8. The van der Waals surface area contributed by atoms with E-state index < -0.39 is 12.7 Å². The van der Waals surface area contributed by atoms with Crippen molar-refractivity contribution in [2.24, 2.45) is 0 Å². The fourth-order valence-electron chi connectivity index (χ4n) is 5.49. The van der Waals surface area contributed by atoms with Crippen LogP contribution < -0.4 is 0 Å². The molecular formula is C33H30BrF3N6O2. The molecule has 0 fully saturated rings. The van der Waals surface area contributed by atoms with Crippen LogP contribution in [0.2, 0.25) is 0 Å². The van der Waals surface area contributed by atoms with Gasteiger partial charge in [0.1, 0.15) is 12.3 Å². The van der Waals surface area contributed by atoms with Gasteiger partial charge in [-0.25, -0.2) is 0 Å². The minimum atomic E-state index is -4.40. The van der Waals surface area contributed by atoms with Gasteiger partial charge in [0.25, 0.3) is 0 Å². The Balaban J connectivity index is 1.36. The lowest BCUT2D eigenvalue weighted by Crippen LogP contribution is -2.20. The number of aromatic amines is 1. The third kappa shape index (κ3) is 7.02. The van der Waals surface area contributed by atoms with Crippen molar-refractivity contribution in [3.63, 3.8) is 0 Å². The first kappa shape index (κ1) is 30.7. The maximum atomic E-state index is 13.6. The lowest BCUT2D eigenvalue weighted by Gasteiger charge is -2.12. The Kier molecular flexibility index (Phi) is 9.13. The van der Waals surface area contributed by atoms with E-state index in [1.165, 1.54) is 0 Å². The highest BCUT2D eigenvalue weighted by Gasteiger charge is 2.31. The van der Waals surface area contributed by atoms with Gasteiger partial charge in [0.05, 0.1) is 18.9 Å². The molecule has 0 saturated heterocycles. The number of rotatable bonds is 12. The molecule has 3 heterocycles. The van der Waals surface area contributed by atoms with E-state index in [0.29, 0.717) is 47.1 Å². The molecule has 45 heavy (non-hydrogen) atoms. The van der Waals surface area contributed by atoms with Crippen LogP contribution in [0.5, 0.6) is 0 Å². The number of nitrogens with zero attached hydrogens (tertiary/aromatic N) is 5. The van der Waals surface area contributed by atoms with Gasteiger partial charge in [0.15, 0.2) is 4.67 Å². The molecule has 6 rings (SSSR count).